The third-order valence-electron chi connectivity index (χ3n) is 4.21. The summed E-state index contributed by atoms with van der Waals surface area (Å²) in [6.07, 6.45) is 6.87. The summed E-state index contributed by atoms with van der Waals surface area (Å²) in [6, 6.07) is 17.2. The Hall–Kier alpha value is -3.12. The van der Waals surface area contributed by atoms with E-state index in [1.165, 1.54) is 11.0 Å². The molecule has 3 rings (SSSR count). The monoisotopic (exact) mass is 391 g/mol. The predicted molar refractivity (Wildman–Crippen MR) is 115 cm³/mol. The highest BCUT2D eigenvalue weighted by molar-refractivity contribution is 7.98. The van der Waals surface area contributed by atoms with E-state index in [1.807, 2.05) is 60.9 Å². The molecule has 0 radical (unpaired) electrons. The molecule has 0 saturated heterocycles. The summed E-state index contributed by atoms with van der Waals surface area (Å²) in [5.41, 5.74) is 2.44. The molecule has 0 spiro atoms. The van der Waals surface area contributed by atoms with E-state index in [4.69, 9.17) is 0 Å². The highest BCUT2D eigenvalue weighted by Gasteiger charge is 2.12. The molecule has 0 unspecified atom stereocenters. The molecule has 1 N–H and O–H groups in total. The average Bonchev–Trinajstić information content (AvgIpc) is 2.72. The number of nitrogens with zero attached hydrogens (tertiary/aromatic N) is 2. The Morgan fingerprint density at radius 1 is 1.11 bits per heavy atom. The van der Waals surface area contributed by atoms with E-state index < -0.39 is 0 Å². The molecule has 0 atom stereocenters. The van der Waals surface area contributed by atoms with E-state index >= 15 is 0 Å². The maximum Gasteiger partial charge on any atom is 0.246 e. The summed E-state index contributed by atoms with van der Waals surface area (Å²) in [5, 5.41) is 3.87. The molecule has 0 fully saturated rings. The topological polar surface area (TPSA) is 62.3 Å². The minimum Gasteiger partial charge on any atom is -0.333 e. The van der Waals surface area contributed by atoms with Gasteiger partial charge in [-0.05, 0) is 30.5 Å². The van der Waals surface area contributed by atoms with Crippen molar-refractivity contribution in [3.63, 3.8) is 0 Å². The highest BCUT2D eigenvalue weighted by Crippen LogP contribution is 2.24. The second-order valence-corrected chi connectivity index (χ2v) is 7.05. The molecule has 0 aliphatic carbocycles. The number of aromatic nitrogens is 1. The van der Waals surface area contributed by atoms with Gasteiger partial charge in [-0.15, -0.1) is 11.8 Å². The number of carbonyl (C=O) groups is 2. The van der Waals surface area contributed by atoms with Crippen molar-refractivity contribution in [1.82, 2.24) is 9.88 Å². The molecule has 0 bridgehead atoms. The van der Waals surface area contributed by atoms with Crippen LogP contribution in [0.25, 0.3) is 17.0 Å². The van der Waals surface area contributed by atoms with Crippen LogP contribution in [0.4, 0.5) is 5.69 Å². The number of carbonyl (C=O) groups excluding carboxylic acids is 2. The average molecular weight is 391 g/mol. The lowest BCUT2D eigenvalue weighted by Gasteiger charge is -2.16. The number of anilines is 1. The number of amides is 2. The van der Waals surface area contributed by atoms with Crippen LogP contribution in [-0.2, 0) is 9.59 Å². The molecule has 5 nitrogen and oxygen atoms in total. The Bertz CT molecular complexity index is 1030. The first kappa shape index (κ1) is 19.6. The molecular formula is C22H21N3O2S. The second-order valence-electron chi connectivity index (χ2n) is 6.20. The zero-order valence-corrected chi connectivity index (χ0v) is 16.6. The minimum atomic E-state index is -0.249. The van der Waals surface area contributed by atoms with E-state index in [-0.39, 0.29) is 18.4 Å². The molecule has 1 aromatic heterocycles. The van der Waals surface area contributed by atoms with Crippen molar-refractivity contribution in [2.24, 2.45) is 0 Å². The van der Waals surface area contributed by atoms with Crippen molar-refractivity contribution in [1.29, 1.82) is 0 Å². The Morgan fingerprint density at radius 2 is 1.89 bits per heavy atom. The first-order valence-corrected chi connectivity index (χ1v) is 10.0. The molecule has 0 saturated carbocycles. The Kier molecular flexibility index (Phi) is 6.45. The quantitative estimate of drug-likeness (QED) is 0.508. The van der Waals surface area contributed by atoms with Gasteiger partial charge in [-0.2, -0.15) is 0 Å². The van der Waals surface area contributed by atoms with E-state index in [2.05, 4.69) is 10.3 Å². The van der Waals surface area contributed by atoms with Crippen LogP contribution < -0.4 is 5.32 Å². The first-order valence-electron chi connectivity index (χ1n) is 8.78. The lowest BCUT2D eigenvalue weighted by Crippen LogP contribution is -2.33. The van der Waals surface area contributed by atoms with Crippen molar-refractivity contribution in [3.8, 4) is 0 Å². The van der Waals surface area contributed by atoms with Crippen molar-refractivity contribution in [2.45, 2.75) is 4.90 Å². The summed E-state index contributed by atoms with van der Waals surface area (Å²) in [4.78, 5) is 31.4. The van der Waals surface area contributed by atoms with Gasteiger partial charge in [-0.25, -0.2) is 0 Å². The summed E-state index contributed by atoms with van der Waals surface area (Å²) in [5.74, 6) is -0.487. The number of hydrogen-bond donors (Lipinski definition) is 1. The van der Waals surface area contributed by atoms with E-state index in [1.54, 1.807) is 31.1 Å². The summed E-state index contributed by atoms with van der Waals surface area (Å²) < 4.78 is 0. The van der Waals surface area contributed by atoms with Crippen LogP contribution in [0, 0.1) is 0 Å². The van der Waals surface area contributed by atoms with Gasteiger partial charge in [0.05, 0.1) is 17.7 Å². The van der Waals surface area contributed by atoms with Crippen LogP contribution >= 0.6 is 11.8 Å². The molecule has 2 aromatic carbocycles. The smallest absolute Gasteiger partial charge is 0.246 e. The van der Waals surface area contributed by atoms with Gasteiger partial charge < -0.3 is 10.2 Å². The standard InChI is InChI=1S/C22H21N3O2S/c1-25(15-20(26)24-18-10-3-4-11-19(18)28-2)21(27)13-12-17-8-5-7-16-9-6-14-23-22(16)17/h3-14H,15H2,1-2H3,(H,24,26)/b13-12+. The molecule has 2 amide bonds. The van der Waals surface area contributed by atoms with Gasteiger partial charge in [0, 0.05) is 35.2 Å². The number of pyridine rings is 1. The van der Waals surface area contributed by atoms with Crippen LogP contribution in [-0.4, -0.2) is 41.5 Å². The molecule has 142 valence electrons. The third kappa shape index (κ3) is 4.78. The number of para-hydroxylation sites is 2. The van der Waals surface area contributed by atoms with Gasteiger partial charge in [-0.3, -0.25) is 14.6 Å². The molecule has 28 heavy (non-hydrogen) atoms. The third-order valence-corrected chi connectivity index (χ3v) is 5.00. The summed E-state index contributed by atoms with van der Waals surface area (Å²) in [6.45, 7) is -0.0281. The lowest BCUT2D eigenvalue weighted by atomic mass is 10.1. The van der Waals surface area contributed by atoms with Crippen LogP contribution in [0.15, 0.2) is 71.8 Å². The Morgan fingerprint density at radius 3 is 2.71 bits per heavy atom. The number of fused-ring (bicyclic) bond motifs is 1. The number of likely N-dealkylation sites (N-methyl/N-ethyl adjacent to an activating group) is 1. The number of hydrogen-bond acceptors (Lipinski definition) is 4. The van der Waals surface area contributed by atoms with E-state index in [0.29, 0.717) is 0 Å². The van der Waals surface area contributed by atoms with Gasteiger partial charge in [-0.1, -0.05) is 36.4 Å². The van der Waals surface area contributed by atoms with Gasteiger partial charge in [0.25, 0.3) is 0 Å². The minimum absolute atomic E-state index is 0.0281. The van der Waals surface area contributed by atoms with Crippen molar-refractivity contribution >= 4 is 46.2 Å². The van der Waals surface area contributed by atoms with Crippen molar-refractivity contribution < 1.29 is 9.59 Å². The Balaban J connectivity index is 1.64. The van der Waals surface area contributed by atoms with Gasteiger partial charge in [0.15, 0.2) is 0 Å². The first-order chi connectivity index (χ1) is 13.6. The fourth-order valence-electron chi connectivity index (χ4n) is 2.78. The number of rotatable bonds is 6. The van der Waals surface area contributed by atoms with E-state index in [0.717, 1.165) is 27.0 Å². The lowest BCUT2D eigenvalue weighted by molar-refractivity contribution is -0.129. The van der Waals surface area contributed by atoms with Gasteiger partial charge >= 0.3 is 0 Å². The summed E-state index contributed by atoms with van der Waals surface area (Å²) >= 11 is 1.56. The van der Waals surface area contributed by atoms with Crippen LogP contribution in [0.5, 0.6) is 0 Å². The summed E-state index contributed by atoms with van der Waals surface area (Å²) in [7, 11) is 1.61. The zero-order valence-electron chi connectivity index (χ0n) is 15.8. The van der Waals surface area contributed by atoms with Crippen LogP contribution in [0.1, 0.15) is 5.56 Å². The number of benzene rings is 2. The molecule has 6 heteroatoms. The zero-order chi connectivity index (χ0) is 19.9. The molecule has 0 aliphatic heterocycles. The van der Waals surface area contributed by atoms with Crippen molar-refractivity contribution in [3.05, 3.63) is 72.4 Å². The fraction of sp³-hybridized carbons (Fsp3) is 0.136. The van der Waals surface area contributed by atoms with Crippen LogP contribution in [0.3, 0.4) is 0 Å². The Labute approximate surface area is 168 Å². The predicted octanol–water partition coefficient (Wildman–Crippen LogP) is 4.07. The van der Waals surface area contributed by atoms with Crippen molar-refractivity contribution in [2.75, 3.05) is 25.2 Å². The van der Waals surface area contributed by atoms with Gasteiger partial charge in [0.2, 0.25) is 11.8 Å². The molecule has 1 heterocycles. The second kappa shape index (κ2) is 9.19. The molecule has 3 aromatic rings. The maximum atomic E-state index is 12.4. The fourth-order valence-corrected chi connectivity index (χ4v) is 3.34. The largest absolute Gasteiger partial charge is 0.333 e. The number of nitrogens with one attached hydrogen (secondary N) is 1. The van der Waals surface area contributed by atoms with Crippen LogP contribution in [0.2, 0.25) is 0 Å². The highest BCUT2D eigenvalue weighted by atomic mass is 32.2. The van der Waals surface area contributed by atoms with E-state index in [9.17, 15) is 9.59 Å². The maximum absolute atomic E-state index is 12.4. The van der Waals surface area contributed by atoms with Gasteiger partial charge in [0.1, 0.15) is 0 Å². The molecule has 0 aliphatic rings. The molecular weight excluding hydrogens is 370 g/mol. The normalized spacial score (nSPS) is 10.9. The SMILES string of the molecule is CSc1ccccc1NC(=O)CN(C)C(=O)/C=C/c1cccc2cccnc12. The number of thioether (sulfide) groups is 1.